The van der Waals surface area contributed by atoms with Crippen molar-refractivity contribution in [2.24, 2.45) is 10.6 Å². The smallest absolute Gasteiger partial charge is 0.549 e. The number of carboxylic acid groups (broad SMARTS) is 1. The molecule has 2 fully saturated rings. The Bertz CT molecular complexity index is 874. The number of carboxylic acids is 1. The molecule has 2 aliphatic rings. The third kappa shape index (κ3) is 4.70. The van der Waals surface area contributed by atoms with E-state index in [1.54, 1.807) is 0 Å². The number of aliphatic hydroxyl groups excluding tert-OH is 1. The number of anilines is 1. The number of aromatic nitrogens is 1. The summed E-state index contributed by atoms with van der Waals surface area (Å²) in [6.45, 7) is -4.25. The number of nitrogens with zero attached hydrogens (tertiary/aromatic N) is 3. The fourth-order valence-electron chi connectivity index (χ4n) is 2.81. The van der Waals surface area contributed by atoms with Gasteiger partial charge in [-0.05, 0) is 0 Å². The number of thioether (sulfide) groups is 1. The largest absolute Gasteiger partial charge is 1.00 e. The van der Waals surface area contributed by atoms with E-state index in [2.05, 4.69) is 20.3 Å². The minimum Gasteiger partial charge on any atom is -0.549 e. The number of carbonyl (C=O) groups excluding carboxylic acids is 3. The van der Waals surface area contributed by atoms with Crippen molar-refractivity contribution in [2.45, 2.75) is 18.0 Å². The summed E-state index contributed by atoms with van der Waals surface area (Å²) in [7, 11) is 0. The standard InChI is InChI=1S/C14H15F2N5O6S2.Na/c15-12(16)27-20-6(5-1-28-13(17)18-5)8(23)19-7-9(24)21-2-14(3-22,11(25)26)4-29-10(7)21;/h1,7,10,12,22H,2-4H2,(H2,17,18)(H,19,23)(H,25,26);/q;+1/p-1/t7?,10-,14?;/m1./s1. The van der Waals surface area contributed by atoms with Gasteiger partial charge < -0.3 is 35.8 Å². The molecular formula is C14H14F2N5NaO6S2. The number of amides is 2. The number of rotatable bonds is 7. The van der Waals surface area contributed by atoms with Crippen LogP contribution in [0.15, 0.2) is 10.5 Å². The van der Waals surface area contributed by atoms with Crippen LogP contribution in [0.2, 0.25) is 0 Å². The molecule has 3 heterocycles. The van der Waals surface area contributed by atoms with Crippen molar-refractivity contribution in [3.05, 3.63) is 11.1 Å². The molecule has 16 heteroatoms. The first-order valence-corrected chi connectivity index (χ1v) is 9.90. The number of nitrogens with one attached hydrogen (secondary N) is 1. The van der Waals surface area contributed by atoms with Crippen molar-refractivity contribution in [3.63, 3.8) is 0 Å². The molecule has 0 aliphatic carbocycles. The molecule has 11 nitrogen and oxygen atoms in total. The number of alkyl halides is 2. The van der Waals surface area contributed by atoms with Crippen LogP contribution >= 0.6 is 23.1 Å². The fraction of sp³-hybridized carbons (Fsp3) is 0.500. The van der Waals surface area contributed by atoms with Crippen molar-refractivity contribution >= 4 is 51.7 Å². The number of hydrogen-bond donors (Lipinski definition) is 3. The number of oxime groups is 1. The molecule has 3 atom stereocenters. The zero-order valence-electron chi connectivity index (χ0n) is 15.4. The van der Waals surface area contributed by atoms with Gasteiger partial charge in [0.2, 0.25) is 5.91 Å². The predicted molar refractivity (Wildman–Crippen MR) is 94.6 cm³/mol. The zero-order chi connectivity index (χ0) is 21.3. The second-order valence-electron chi connectivity index (χ2n) is 6.22. The molecule has 3 rings (SSSR count). The van der Waals surface area contributed by atoms with E-state index in [0.29, 0.717) is 0 Å². The van der Waals surface area contributed by atoms with E-state index in [9.17, 15) is 33.4 Å². The summed E-state index contributed by atoms with van der Waals surface area (Å²) in [5, 5.41) is 27.0. The number of carbonyl (C=O) groups is 3. The monoisotopic (exact) mass is 473 g/mol. The predicted octanol–water partition coefficient (Wildman–Crippen LogP) is -5.20. The molecular weight excluding hydrogens is 459 g/mol. The number of nitrogens with two attached hydrogens (primary N) is 1. The van der Waals surface area contributed by atoms with Crippen LogP contribution < -0.4 is 45.7 Å². The van der Waals surface area contributed by atoms with E-state index in [1.807, 2.05) is 0 Å². The average molecular weight is 473 g/mol. The summed E-state index contributed by atoms with van der Waals surface area (Å²) >= 11 is 1.99. The molecule has 0 saturated carbocycles. The molecule has 2 amide bonds. The number of halogens is 2. The summed E-state index contributed by atoms with van der Waals surface area (Å²) in [4.78, 5) is 45.0. The van der Waals surface area contributed by atoms with E-state index in [-0.39, 0.29) is 52.7 Å². The third-order valence-electron chi connectivity index (χ3n) is 4.37. The molecule has 0 radical (unpaired) electrons. The maximum absolute atomic E-state index is 12.5. The van der Waals surface area contributed by atoms with E-state index in [4.69, 9.17) is 5.73 Å². The maximum atomic E-state index is 12.5. The fourth-order valence-corrected chi connectivity index (χ4v) is 4.89. The van der Waals surface area contributed by atoms with Gasteiger partial charge in [-0.3, -0.25) is 9.59 Å². The minimum atomic E-state index is -3.28. The van der Waals surface area contributed by atoms with Gasteiger partial charge in [-0.2, -0.15) is 8.78 Å². The van der Waals surface area contributed by atoms with Crippen molar-refractivity contribution in [2.75, 3.05) is 24.6 Å². The molecule has 2 aliphatic heterocycles. The summed E-state index contributed by atoms with van der Waals surface area (Å²) in [6, 6.07) is -1.04. The van der Waals surface area contributed by atoms with Crippen LogP contribution in [0, 0.1) is 5.41 Å². The number of β-lactam (4-membered cyclic amide) rings is 1. The van der Waals surface area contributed by atoms with E-state index < -0.39 is 53.5 Å². The number of aliphatic carboxylic acids is 1. The van der Waals surface area contributed by atoms with E-state index in [1.165, 1.54) is 10.3 Å². The van der Waals surface area contributed by atoms with Gasteiger partial charge in [-0.25, -0.2) is 4.98 Å². The van der Waals surface area contributed by atoms with Gasteiger partial charge in [0.05, 0.1) is 18.0 Å². The van der Waals surface area contributed by atoms with Crippen molar-refractivity contribution in [3.8, 4) is 0 Å². The SMILES string of the molecule is Nc1nc(C(=NOC(F)F)C(=O)NC2C(=O)N3CC(CO)(C(=O)[O-])CS[C@H]23)cs1.[Na+]. The summed E-state index contributed by atoms with van der Waals surface area (Å²) in [5.41, 5.74) is 3.18. The molecule has 1 aromatic heterocycles. The number of hydrogen-bond acceptors (Lipinski definition) is 11. The minimum absolute atomic E-state index is 0. The molecule has 4 N–H and O–H groups in total. The Morgan fingerprint density at radius 2 is 2.27 bits per heavy atom. The van der Waals surface area contributed by atoms with Crippen molar-refractivity contribution < 1.29 is 67.8 Å². The Balaban J connectivity index is 0.00000320. The first kappa shape index (κ1) is 24.7. The van der Waals surface area contributed by atoms with Crippen LogP contribution in [-0.4, -0.2) is 75.4 Å². The Morgan fingerprint density at radius 1 is 1.57 bits per heavy atom. The quantitative estimate of drug-likeness (QED) is 0.152. The second-order valence-corrected chi connectivity index (χ2v) is 8.22. The molecule has 2 unspecified atom stereocenters. The summed E-state index contributed by atoms with van der Waals surface area (Å²) < 4.78 is 24.7. The number of thiazole rings is 1. The van der Waals surface area contributed by atoms with Crippen LogP contribution in [0.1, 0.15) is 5.69 Å². The number of nitrogen functional groups attached to an aromatic ring is 1. The number of aliphatic hydroxyl groups is 1. The van der Waals surface area contributed by atoms with Crippen LogP contribution in [0.4, 0.5) is 13.9 Å². The molecule has 30 heavy (non-hydrogen) atoms. The Hall–Kier alpha value is -1.52. The van der Waals surface area contributed by atoms with Gasteiger partial charge >= 0.3 is 36.2 Å². The molecule has 0 bridgehead atoms. The Labute approximate surface area is 198 Å². The van der Waals surface area contributed by atoms with Crippen LogP contribution in [-0.2, 0) is 19.2 Å². The molecule has 1 aromatic rings. The average Bonchev–Trinajstić information content (AvgIpc) is 3.11. The number of fused-ring (bicyclic) bond motifs is 1. The first-order chi connectivity index (χ1) is 13.7. The van der Waals surface area contributed by atoms with E-state index in [0.717, 1.165) is 23.1 Å². The van der Waals surface area contributed by atoms with Gasteiger partial charge in [0.25, 0.3) is 5.91 Å². The van der Waals surface area contributed by atoms with Gasteiger partial charge in [-0.1, -0.05) is 5.16 Å². The van der Waals surface area contributed by atoms with Crippen LogP contribution in [0.3, 0.4) is 0 Å². The topological polar surface area (TPSA) is 170 Å². The van der Waals surface area contributed by atoms with Crippen molar-refractivity contribution in [1.82, 2.24) is 15.2 Å². The molecule has 0 aromatic carbocycles. The molecule has 158 valence electrons. The second kappa shape index (κ2) is 9.74. The Kier molecular flexibility index (Phi) is 8.03. The maximum Gasteiger partial charge on any atom is 1.00 e. The first-order valence-electron chi connectivity index (χ1n) is 7.97. The summed E-state index contributed by atoms with van der Waals surface area (Å²) in [5.74, 6) is -3.11. The van der Waals surface area contributed by atoms with Crippen LogP contribution in [0.5, 0.6) is 0 Å². The van der Waals surface area contributed by atoms with Gasteiger partial charge in [0.1, 0.15) is 17.1 Å². The molecule has 0 spiro atoms. The summed E-state index contributed by atoms with van der Waals surface area (Å²) in [6.07, 6.45) is 0. The van der Waals surface area contributed by atoms with Gasteiger partial charge in [0.15, 0.2) is 10.8 Å². The normalized spacial score (nSPS) is 25.8. The van der Waals surface area contributed by atoms with Gasteiger partial charge in [0, 0.05) is 17.7 Å². The zero-order valence-corrected chi connectivity index (χ0v) is 19.0. The van der Waals surface area contributed by atoms with E-state index >= 15 is 0 Å². The molecule has 2 saturated heterocycles. The van der Waals surface area contributed by atoms with Crippen LogP contribution in [0.25, 0.3) is 0 Å². The van der Waals surface area contributed by atoms with Gasteiger partial charge in [-0.15, -0.1) is 23.1 Å². The third-order valence-corrected chi connectivity index (χ3v) is 6.63. The van der Waals surface area contributed by atoms with Crippen molar-refractivity contribution in [1.29, 1.82) is 0 Å². The Morgan fingerprint density at radius 3 is 2.80 bits per heavy atom.